The van der Waals surface area contributed by atoms with Crippen LogP contribution in [-0.2, 0) is 14.3 Å². The number of aliphatic hydroxyl groups excluding tert-OH is 1. The Balaban J connectivity index is 2.94. The maximum absolute atomic E-state index is 10.9. The fourth-order valence-corrected chi connectivity index (χ4v) is 1.59. The van der Waals surface area contributed by atoms with Gasteiger partial charge in [0.2, 0.25) is 6.29 Å². The van der Waals surface area contributed by atoms with E-state index in [0.29, 0.717) is 5.69 Å². The van der Waals surface area contributed by atoms with Crippen LogP contribution in [0, 0.1) is 6.92 Å². The Hall–Kier alpha value is -2.15. The molecule has 1 aromatic heterocycles. The molecule has 3 N–H and O–H groups in total. The van der Waals surface area contributed by atoms with Gasteiger partial charge in [0.1, 0.15) is 6.61 Å². The number of primary amides is 1. The molecule has 0 aliphatic heterocycles. The number of amides is 1. The minimum absolute atomic E-state index is 0.165. The number of nitrogens with two attached hydrogens (primary N) is 1. The lowest BCUT2D eigenvalue weighted by Gasteiger charge is -2.22. The van der Waals surface area contributed by atoms with E-state index in [-0.39, 0.29) is 6.61 Å². The summed E-state index contributed by atoms with van der Waals surface area (Å²) in [5.41, 5.74) is 6.09. The lowest BCUT2D eigenvalue weighted by molar-refractivity contribution is -0.145. The maximum atomic E-state index is 10.9. The van der Waals surface area contributed by atoms with Crippen LogP contribution in [0.4, 0.5) is 4.79 Å². The molecule has 19 heavy (non-hydrogen) atoms. The second-order valence-electron chi connectivity index (χ2n) is 3.94. The number of pyridine rings is 1. The maximum Gasteiger partial charge on any atom is 0.406 e. The van der Waals surface area contributed by atoms with Crippen molar-refractivity contribution < 1.29 is 24.2 Å². The van der Waals surface area contributed by atoms with E-state index in [4.69, 9.17) is 10.5 Å². The van der Waals surface area contributed by atoms with Crippen LogP contribution < -0.4 is 5.73 Å². The summed E-state index contributed by atoms with van der Waals surface area (Å²) in [4.78, 5) is 25.6. The van der Waals surface area contributed by atoms with Crippen molar-refractivity contribution in [1.29, 1.82) is 0 Å². The molecule has 2 atom stereocenters. The molecule has 1 heterocycles. The number of carbonyl (C=O) groups is 2. The van der Waals surface area contributed by atoms with Crippen molar-refractivity contribution in [1.82, 2.24) is 4.98 Å². The molecule has 0 fully saturated rings. The van der Waals surface area contributed by atoms with Gasteiger partial charge in [-0.3, -0.25) is 9.78 Å². The van der Waals surface area contributed by atoms with Gasteiger partial charge in [-0.05, 0) is 18.6 Å². The standard InChI is InChI=1S/C12H16N2O5/c1-7-4-3-5-14-10(7)9(6-18-8(2)15)11(16)19-12(13)17/h3-5,9,11,16H,6H2,1-2H3,(H2,13,17)/t9-,11?/m0/s1. The van der Waals surface area contributed by atoms with Crippen molar-refractivity contribution in [2.45, 2.75) is 26.1 Å². The second kappa shape index (κ2) is 6.69. The van der Waals surface area contributed by atoms with Crippen molar-refractivity contribution in [3.05, 3.63) is 29.6 Å². The van der Waals surface area contributed by atoms with Crippen molar-refractivity contribution in [2.24, 2.45) is 5.73 Å². The topological polar surface area (TPSA) is 112 Å². The summed E-state index contributed by atoms with van der Waals surface area (Å²) in [6.07, 6.45) is -1.13. The molecule has 0 radical (unpaired) electrons. The van der Waals surface area contributed by atoms with E-state index in [1.54, 1.807) is 19.1 Å². The Morgan fingerprint density at radius 1 is 1.53 bits per heavy atom. The molecule has 1 unspecified atom stereocenters. The number of nitrogens with zero attached hydrogens (tertiary/aromatic N) is 1. The average molecular weight is 268 g/mol. The predicted molar refractivity (Wildman–Crippen MR) is 65.0 cm³/mol. The zero-order valence-electron chi connectivity index (χ0n) is 10.7. The number of ether oxygens (including phenoxy) is 2. The molecular weight excluding hydrogens is 252 g/mol. The highest BCUT2D eigenvalue weighted by atomic mass is 16.6. The lowest BCUT2D eigenvalue weighted by atomic mass is 10.0. The Kier molecular flexibility index (Phi) is 5.25. The van der Waals surface area contributed by atoms with Crippen LogP contribution in [0.5, 0.6) is 0 Å². The number of aryl methyl sites for hydroxylation is 1. The number of hydrogen-bond acceptors (Lipinski definition) is 6. The van der Waals surface area contributed by atoms with Crippen LogP contribution in [0.25, 0.3) is 0 Å². The number of aliphatic hydroxyl groups is 1. The summed E-state index contributed by atoms with van der Waals surface area (Å²) < 4.78 is 9.36. The number of hydrogen-bond donors (Lipinski definition) is 2. The van der Waals surface area contributed by atoms with Crippen LogP contribution in [0.15, 0.2) is 18.3 Å². The molecule has 0 saturated carbocycles. The van der Waals surface area contributed by atoms with Crippen LogP contribution in [0.2, 0.25) is 0 Å². The summed E-state index contributed by atoms with van der Waals surface area (Å²) in [6.45, 7) is 2.85. The zero-order valence-corrected chi connectivity index (χ0v) is 10.7. The summed E-state index contributed by atoms with van der Waals surface area (Å²) >= 11 is 0. The molecular formula is C12H16N2O5. The number of esters is 1. The van der Waals surface area contributed by atoms with Gasteiger partial charge in [0.05, 0.1) is 11.6 Å². The first-order chi connectivity index (χ1) is 8.91. The summed E-state index contributed by atoms with van der Waals surface area (Å²) in [7, 11) is 0. The van der Waals surface area contributed by atoms with Crippen molar-refractivity contribution in [3.8, 4) is 0 Å². The van der Waals surface area contributed by atoms with Gasteiger partial charge in [0.15, 0.2) is 0 Å². The first-order valence-electron chi connectivity index (χ1n) is 5.61. The fraction of sp³-hybridized carbons (Fsp3) is 0.417. The lowest BCUT2D eigenvalue weighted by Crippen LogP contribution is -2.32. The van der Waals surface area contributed by atoms with Crippen molar-refractivity contribution in [2.75, 3.05) is 6.61 Å². The smallest absolute Gasteiger partial charge is 0.406 e. The van der Waals surface area contributed by atoms with E-state index in [1.807, 2.05) is 0 Å². The molecule has 0 spiro atoms. The van der Waals surface area contributed by atoms with Gasteiger partial charge >= 0.3 is 12.1 Å². The van der Waals surface area contributed by atoms with Gasteiger partial charge in [0, 0.05) is 13.1 Å². The Morgan fingerprint density at radius 3 is 2.74 bits per heavy atom. The highest BCUT2D eigenvalue weighted by Crippen LogP contribution is 2.22. The molecule has 1 aromatic rings. The fourth-order valence-electron chi connectivity index (χ4n) is 1.59. The van der Waals surface area contributed by atoms with Gasteiger partial charge in [-0.1, -0.05) is 6.07 Å². The largest absolute Gasteiger partial charge is 0.465 e. The normalized spacial score (nSPS) is 13.4. The molecule has 104 valence electrons. The Labute approximate surface area is 110 Å². The molecule has 0 aromatic carbocycles. The molecule has 0 aliphatic rings. The number of rotatable bonds is 5. The third-order valence-corrected chi connectivity index (χ3v) is 2.45. The van der Waals surface area contributed by atoms with Crippen molar-refractivity contribution >= 4 is 12.1 Å². The first-order valence-corrected chi connectivity index (χ1v) is 5.61. The number of carbonyl (C=O) groups excluding carboxylic acids is 2. The molecule has 7 nitrogen and oxygen atoms in total. The van der Waals surface area contributed by atoms with Crippen molar-refractivity contribution in [3.63, 3.8) is 0 Å². The van der Waals surface area contributed by atoms with Gasteiger partial charge in [-0.25, -0.2) is 4.79 Å². The van der Waals surface area contributed by atoms with E-state index in [1.165, 1.54) is 13.1 Å². The zero-order chi connectivity index (χ0) is 14.4. The Bertz CT molecular complexity index is 463. The molecule has 7 heteroatoms. The molecule has 1 amide bonds. The van der Waals surface area contributed by atoms with Gasteiger partial charge in [-0.2, -0.15) is 0 Å². The Morgan fingerprint density at radius 2 is 2.21 bits per heavy atom. The minimum Gasteiger partial charge on any atom is -0.465 e. The predicted octanol–water partition coefficient (Wildman–Crippen LogP) is 0.450. The second-order valence-corrected chi connectivity index (χ2v) is 3.94. The first kappa shape index (κ1) is 14.9. The highest BCUT2D eigenvalue weighted by molar-refractivity contribution is 5.66. The molecule has 0 bridgehead atoms. The van der Waals surface area contributed by atoms with Crippen LogP contribution >= 0.6 is 0 Å². The van der Waals surface area contributed by atoms with Gasteiger partial charge in [-0.15, -0.1) is 0 Å². The summed E-state index contributed by atoms with van der Waals surface area (Å²) in [5.74, 6) is -1.30. The van der Waals surface area contributed by atoms with Gasteiger partial charge in [0.25, 0.3) is 0 Å². The highest BCUT2D eigenvalue weighted by Gasteiger charge is 2.28. The van der Waals surface area contributed by atoms with Crippen LogP contribution in [-0.4, -0.2) is 35.0 Å². The minimum atomic E-state index is -1.54. The molecule has 0 saturated heterocycles. The van der Waals surface area contributed by atoms with E-state index in [9.17, 15) is 14.7 Å². The third-order valence-electron chi connectivity index (χ3n) is 2.45. The van der Waals surface area contributed by atoms with Gasteiger partial charge < -0.3 is 20.3 Å². The van der Waals surface area contributed by atoms with E-state index >= 15 is 0 Å². The van der Waals surface area contributed by atoms with Crippen LogP contribution in [0.3, 0.4) is 0 Å². The van der Waals surface area contributed by atoms with Crippen LogP contribution in [0.1, 0.15) is 24.1 Å². The average Bonchev–Trinajstić information content (AvgIpc) is 2.30. The van der Waals surface area contributed by atoms with E-state index < -0.39 is 24.3 Å². The molecule has 1 rings (SSSR count). The number of aromatic nitrogens is 1. The monoisotopic (exact) mass is 268 g/mol. The van der Waals surface area contributed by atoms with E-state index in [0.717, 1.165) is 5.56 Å². The SMILES string of the molecule is CC(=O)OC[C@@H](c1ncccc1C)C(O)OC(N)=O. The quantitative estimate of drug-likeness (QED) is 0.592. The molecule has 0 aliphatic carbocycles. The summed E-state index contributed by atoms with van der Waals surface area (Å²) in [6, 6.07) is 3.50. The summed E-state index contributed by atoms with van der Waals surface area (Å²) in [5, 5.41) is 9.82. The third kappa shape index (κ3) is 4.55. The van der Waals surface area contributed by atoms with E-state index in [2.05, 4.69) is 9.72 Å².